The van der Waals surface area contributed by atoms with Crippen molar-refractivity contribution in [1.29, 1.82) is 5.26 Å². The Morgan fingerprint density at radius 1 is 0.940 bits per heavy atom. The quantitative estimate of drug-likeness (QED) is 0.171. The molecule has 3 aromatic carbocycles. The Balaban J connectivity index is 1.85. The van der Waals surface area contributed by atoms with E-state index in [0.717, 1.165) is 15.9 Å². The average molecular weight is 702 g/mol. The van der Waals surface area contributed by atoms with Crippen LogP contribution in [0.15, 0.2) is 58.9 Å². The number of rotatable bonds is 11. The second-order valence-corrected chi connectivity index (χ2v) is 11.5. The summed E-state index contributed by atoms with van der Waals surface area (Å²) in [7, 11) is 8.64. The Morgan fingerprint density at radius 2 is 1.50 bits per heavy atom. The number of amides is 1. The van der Waals surface area contributed by atoms with E-state index in [1.165, 1.54) is 66.9 Å². The minimum atomic E-state index is -1.15. The molecule has 258 valence electrons. The molecule has 0 saturated carbocycles. The van der Waals surface area contributed by atoms with Crippen molar-refractivity contribution in [2.24, 2.45) is 5.73 Å². The summed E-state index contributed by atoms with van der Waals surface area (Å²) in [5.41, 5.74) is 6.53. The Bertz CT molecular complexity index is 2240. The van der Waals surface area contributed by atoms with Crippen molar-refractivity contribution in [2.75, 3.05) is 48.0 Å². The SMILES string of the molecule is COc1cc(/C=c2\sc3n(c2=O)C(N)=C(C#N)C(c2cc(OC)c(OC)c(OC)c2)C=3C(=O)Nc2cccc([N+](=O)[O-])c2)cc(OC)c1OC. The fourth-order valence-corrected chi connectivity index (χ4v) is 6.78. The number of hydrogen-bond acceptors (Lipinski definition) is 13. The van der Waals surface area contributed by atoms with Gasteiger partial charge in [-0.15, -0.1) is 11.3 Å². The van der Waals surface area contributed by atoms with E-state index in [4.69, 9.17) is 34.2 Å². The highest BCUT2D eigenvalue weighted by molar-refractivity contribution is 7.07. The number of hydrogen-bond donors (Lipinski definition) is 2. The third-order valence-corrected chi connectivity index (χ3v) is 8.94. The molecule has 16 heteroatoms. The molecular formula is C34H31N5O10S. The number of nitro benzene ring substituents is 1. The summed E-state index contributed by atoms with van der Waals surface area (Å²) in [6, 6.07) is 13.9. The summed E-state index contributed by atoms with van der Waals surface area (Å²) in [6.45, 7) is 0. The van der Waals surface area contributed by atoms with Crippen LogP contribution in [-0.4, -0.2) is 58.1 Å². The summed E-state index contributed by atoms with van der Waals surface area (Å²) < 4.78 is 34.3. The smallest absolute Gasteiger partial charge is 0.274 e. The number of thiazole rings is 1. The monoisotopic (exact) mass is 701 g/mol. The Kier molecular flexibility index (Phi) is 9.99. The first-order valence-electron chi connectivity index (χ1n) is 14.6. The van der Waals surface area contributed by atoms with E-state index < -0.39 is 22.3 Å². The lowest BCUT2D eigenvalue weighted by molar-refractivity contribution is -0.384. The molecule has 0 fully saturated rings. The summed E-state index contributed by atoms with van der Waals surface area (Å²) in [5, 5.41) is 24.7. The van der Waals surface area contributed by atoms with Crippen molar-refractivity contribution >= 4 is 46.1 Å². The van der Waals surface area contributed by atoms with Crippen LogP contribution in [0.4, 0.5) is 11.4 Å². The number of ether oxygens (including phenoxy) is 6. The second-order valence-electron chi connectivity index (χ2n) is 10.5. The average Bonchev–Trinajstić information content (AvgIpc) is 3.44. The lowest BCUT2D eigenvalue weighted by Gasteiger charge is -2.26. The third-order valence-electron chi connectivity index (χ3n) is 7.83. The van der Waals surface area contributed by atoms with Crippen LogP contribution in [0.25, 0.3) is 17.5 Å². The van der Waals surface area contributed by atoms with Gasteiger partial charge in [0.2, 0.25) is 11.5 Å². The number of carbonyl (C=O) groups excluding carboxylic acids is 1. The number of carbonyl (C=O) groups is 1. The van der Waals surface area contributed by atoms with Crippen molar-refractivity contribution in [3.05, 3.63) is 94.9 Å². The maximum atomic E-state index is 14.4. The van der Waals surface area contributed by atoms with Gasteiger partial charge in [-0.3, -0.25) is 24.3 Å². The first-order valence-corrected chi connectivity index (χ1v) is 15.4. The van der Waals surface area contributed by atoms with Gasteiger partial charge in [0.05, 0.1) is 75.2 Å². The number of fused-ring (bicyclic) bond motifs is 1. The summed E-state index contributed by atoms with van der Waals surface area (Å²) in [5.74, 6) is -0.320. The molecule has 3 N–H and O–H groups in total. The number of nitrogens with two attached hydrogens (primary N) is 1. The van der Waals surface area contributed by atoms with Crippen molar-refractivity contribution in [2.45, 2.75) is 5.92 Å². The first kappa shape index (κ1) is 34.9. The standard InChI is InChI=1S/C34H31N5O10S/c1-44-22-10-17(11-23(45-2)29(22)48-5)12-26-33(41)38-31(36)21(16-35)27(18-13-24(46-3)30(49-6)25(14-18)47-4)28(34(38)50-26)32(40)37-19-8-7-9-20(15-19)39(42)43/h7-15,27H,36H2,1-6H3,(H,37,40)/b26-12-. The predicted molar refractivity (Wildman–Crippen MR) is 184 cm³/mol. The zero-order valence-corrected chi connectivity index (χ0v) is 28.5. The number of nitrogens with one attached hydrogen (secondary N) is 1. The van der Waals surface area contributed by atoms with Crippen molar-refractivity contribution in [3.63, 3.8) is 0 Å². The lowest BCUT2D eigenvalue weighted by Crippen LogP contribution is -2.40. The number of allylic oxidation sites excluding steroid dienone is 1. The predicted octanol–water partition coefficient (Wildman–Crippen LogP) is 2.94. The molecule has 5 rings (SSSR count). The maximum Gasteiger partial charge on any atom is 0.274 e. The number of benzene rings is 3. The van der Waals surface area contributed by atoms with E-state index in [1.54, 1.807) is 30.3 Å². The molecule has 0 bridgehead atoms. The van der Waals surface area contributed by atoms with Crippen LogP contribution in [-0.2, 0) is 4.79 Å². The molecule has 0 saturated heterocycles. The highest BCUT2D eigenvalue weighted by atomic mass is 32.1. The van der Waals surface area contributed by atoms with Gasteiger partial charge in [0.15, 0.2) is 23.0 Å². The molecule has 1 unspecified atom stereocenters. The van der Waals surface area contributed by atoms with Crippen molar-refractivity contribution < 1.29 is 38.1 Å². The second kappa shape index (κ2) is 14.3. The minimum Gasteiger partial charge on any atom is -0.493 e. The van der Waals surface area contributed by atoms with E-state index in [1.807, 2.05) is 0 Å². The fourth-order valence-electron chi connectivity index (χ4n) is 5.60. The van der Waals surface area contributed by atoms with Crippen LogP contribution in [0.2, 0.25) is 0 Å². The van der Waals surface area contributed by atoms with Gasteiger partial charge in [-0.2, -0.15) is 5.26 Å². The van der Waals surface area contributed by atoms with Crippen LogP contribution in [0, 0.1) is 21.4 Å². The molecule has 1 amide bonds. The molecular weight excluding hydrogens is 670 g/mol. The first-order chi connectivity index (χ1) is 24.0. The highest BCUT2D eigenvalue weighted by Crippen LogP contribution is 2.45. The molecule has 50 heavy (non-hydrogen) atoms. The number of nitro groups is 1. The van der Waals surface area contributed by atoms with E-state index in [2.05, 4.69) is 11.4 Å². The molecule has 15 nitrogen and oxygen atoms in total. The number of methoxy groups -OCH3 is 6. The molecule has 0 radical (unpaired) electrons. The number of anilines is 1. The fraction of sp³-hybridized carbons (Fsp3) is 0.206. The third kappa shape index (κ3) is 6.13. The van der Waals surface area contributed by atoms with Gasteiger partial charge in [0.25, 0.3) is 17.2 Å². The van der Waals surface area contributed by atoms with Gasteiger partial charge >= 0.3 is 0 Å². The van der Waals surface area contributed by atoms with Crippen LogP contribution in [0.1, 0.15) is 17.0 Å². The number of nitrogens with zero attached hydrogens (tertiary/aromatic N) is 3. The van der Waals surface area contributed by atoms with Gasteiger partial charge in [-0.1, -0.05) is 6.07 Å². The topological polar surface area (TPSA) is 199 Å². The van der Waals surface area contributed by atoms with E-state index in [9.17, 15) is 25.0 Å². The molecule has 2 heterocycles. The van der Waals surface area contributed by atoms with Crippen molar-refractivity contribution in [1.82, 2.24) is 4.57 Å². The van der Waals surface area contributed by atoms with Gasteiger partial charge in [0, 0.05) is 17.8 Å². The molecule has 1 aliphatic heterocycles. The molecule has 1 aromatic heterocycles. The Hall–Kier alpha value is -6.47. The van der Waals surface area contributed by atoms with Crippen LogP contribution in [0.5, 0.6) is 34.5 Å². The number of nitriles is 1. The van der Waals surface area contributed by atoms with Gasteiger partial charge in [-0.05, 0) is 47.5 Å². The Labute approximate surface area is 288 Å². The molecule has 1 atom stereocenters. The maximum absolute atomic E-state index is 14.4. The van der Waals surface area contributed by atoms with E-state index in [0.29, 0.717) is 28.4 Å². The molecule has 0 spiro atoms. The zero-order valence-electron chi connectivity index (χ0n) is 27.7. The van der Waals surface area contributed by atoms with Gasteiger partial charge in [0.1, 0.15) is 10.5 Å². The summed E-state index contributed by atoms with van der Waals surface area (Å²) in [6.07, 6.45) is 1.56. The van der Waals surface area contributed by atoms with Gasteiger partial charge < -0.3 is 39.5 Å². The van der Waals surface area contributed by atoms with E-state index >= 15 is 0 Å². The highest BCUT2D eigenvalue weighted by Gasteiger charge is 2.37. The zero-order chi connectivity index (χ0) is 36.3. The van der Waals surface area contributed by atoms with Crippen LogP contribution < -0.4 is 54.2 Å². The normalized spacial score (nSPS) is 14.0. The van der Waals surface area contributed by atoms with Crippen molar-refractivity contribution in [3.8, 4) is 40.6 Å². The van der Waals surface area contributed by atoms with Crippen LogP contribution >= 0.6 is 11.3 Å². The van der Waals surface area contributed by atoms with E-state index in [-0.39, 0.29) is 54.8 Å². The summed E-state index contributed by atoms with van der Waals surface area (Å²) in [4.78, 5) is 39.3. The minimum absolute atomic E-state index is 0.0387. The van der Waals surface area contributed by atoms with Crippen LogP contribution in [0.3, 0.4) is 0 Å². The Morgan fingerprint density at radius 3 is 2.00 bits per heavy atom. The molecule has 1 aliphatic rings. The molecule has 0 aliphatic carbocycles. The number of aromatic nitrogens is 1. The molecule has 4 aromatic rings. The largest absolute Gasteiger partial charge is 0.493 e. The lowest BCUT2D eigenvalue weighted by atomic mass is 9.83. The van der Waals surface area contributed by atoms with Gasteiger partial charge in [-0.25, -0.2) is 0 Å². The summed E-state index contributed by atoms with van der Waals surface area (Å²) >= 11 is 0.956. The number of non-ortho nitro benzene ring substituents is 1.